The molecule has 7 nitrogen and oxygen atoms in total. The van der Waals surface area contributed by atoms with E-state index in [1.54, 1.807) is 7.11 Å². The molecule has 2 heterocycles. The van der Waals surface area contributed by atoms with E-state index in [2.05, 4.69) is 20.4 Å². The molecule has 1 aromatic carbocycles. The molecule has 0 radical (unpaired) electrons. The minimum absolute atomic E-state index is 0.453. The maximum Gasteiger partial charge on any atom is 0.277 e. The van der Waals surface area contributed by atoms with Gasteiger partial charge in [-0.25, -0.2) is 0 Å². The fourth-order valence-corrected chi connectivity index (χ4v) is 2.36. The number of hydrogen-bond acceptors (Lipinski definition) is 8. The van der Waals surface area contributed by atoms with Gasteiger partial charge >= 0.3 is 0 Å². The summed E-state index contributed by atoms with van der Waals surface area (Å²) in [6.07, 6.45) is 0.716. The largest absolute Gasteiger partial charge is 0.497 e. The molecule has 0 fully saturated rings. The molecule has 0 aliphatic rings. The molecule has 22 heavy (non-hydrogen) atoms. The van der Waals surface area contributed by atoms with Gasteiger partial charge in [0.1, 0.15) is 5.75 Å². The normalized spacial score (nSPS) is 10.8. The average molecular weight is 318 g/mol. The van der Waals surface area contributed by atoms with Crippen LogP contribution in [0.5, 0.6) is 5.75 Å². The van der Waals surface area contributed by atoms with Crippen LogP contribution in [0.1, 0.15) is 18.7 Å². The molecule has 0 aliphatic heterocycles. The Morgan fingerprint density at radius 1 is 1.09 bits per heavy atom. The molecule has 0 spiro atoms. The van der Waals surface area contributed by atoms with Gasteiger partial charge in [0.25, 0.3) is 5.22 Å². The van der Waals surface area contributed by atoms with Crippen LogP contribution in [-0.4, -0.2) is 27.5 Å². The van der Waals surface area contributed by atoms with E-state index >= 15 is 0 Å². The monoisotopic (exact) mass is 318 g/mol. The summed E-state index contributed by atoms with van der Waals surface area (Å²) in [6, 6.07) is 7.46. The SMILES string of the molecule is CCc1nnc(SCc2nnc(-c3cccc(OC)c3)o2)o1. The predicted octanol–water partition coefficient (Wildman–Crippen LogP) is 2.98. The molecular weight excluding hydrogens is 304 g/mol. The smallest absolute Gasteiger partial charge is 0.277 e. The van der Waals surface area contributed by atoms with Crippen LogP contribution in [0.2, 0.25) is 0 Å². The molecule has 0 atom stereocenters. The van der Waals surface area contributed by atoms with E-state index in [0.29, 0.717) is 35.1 Å². The Morgan fingerprint density at radius 3 is 2.73 bits per heavy atom. The van der Waals surface area contributed by atoms with Crippen molar-refractivity contribution in [1.29, 1.82) is 0 Å². The Balaban J connectivity index is 1.68. The van der Waals surface area contributed by atoms with Gasteiger partial charge in [-0.15, -0.1) is 20.4 Å². The van der Waals surface area contributed by atoms with Gasteiger partial charge in [0.2, 0.25) is 17.7 Å². The molecule has 114 valence electrons. The van der Waals surface area contributed by atoms with E-state index < -0.39 is 0 Å². The number of methoxy groups -OCH3 is 1. The van der Waals surface area contributed by atoms with E-state index in [0.717, 1.165) is 11.3 Å². The van der Waals surface area contributed by atoms with Crippen molar-refractivity contribution in [3.8, 4) is 17.2 Å². The summed E-state index contributed by atoms with van der Waals surface area (Å²) in [6.45, 7) is 1.96. The lowest BCUT2D eigenvalue weighted by Crippen LogP contribution is -1.83. The molecular formula is C14H14N4O3S. The van der Waals surface area contributed by atoms with Crippen LogP contribution in [0.25, 0.3) is 11.5 Å². The first kappa shape index (κ1) is 14.6. The standard InChI is InChI=1S/C14H14N4O3S/c1-3-11-15-18-14(21-11)22-8-12-16-17-13(20-12)9-5-4-6-10(7-9)19-2/h4-7H,3,8H2,1-2H3. The number of ether oxygens (including phenoxy) is 1. The highest BCUT2D eigenvalue weighted by Crippen LogP contribution is 2.25. The molecule has 3 rings (SSSR count). The lowest BCUT2D eigenvalue weighted by Gasteiger charge is -2.00. The summed E-state index contributed by atoms with van der Waals surface area (Å²) in [4.78, 5) is 0. The lowest BCUT2D eigenvalue weighted by molar-refractivity contribution is 0.414. The summed E-state index contributed by atoms with van der Waals surface area (Å²) < 4.78 is 16.2. The molecule has 0 N–H and O–H groups in total. The molecule has 8 heteroatoms. The summed E-state index contributed by atoms with van der Waals surface area (Å²) in [5.74, 6) is 2.78. The van der Waals surface area contributed by atoms with Crippen LogP contribution in [0.15, 0.2) is 38.3 Å². The van der Waals surface area contributed by atoms with Gasteiger partial charge in [-0.05, 0) is 18.2 Å². The van der Waals surface area contributed by atoms with Crippen LogP contribution >= 0.6 is 11.8 Å². The number of nitrogens with zero attached hydrogens (tertiary/aromatic N) is 4. The second-order valence-electron chi connectivity index (χ2n) is 4.34. The van der Waals surface area contributed by atoms with Gasteiger partial charge in [-0.2, -0.15) is 0 Å². The van der Waals surface area contributed by atoms with Crippen LogP contribution in [0.3, 0.4) is 0 Å². The van der Waals surface area contributed by atoms with E-state index in [1.807, 2.05) is 31.2 Å². The van der Waals surface area contributed by atoms with Crippen LogP contribution in [-0.2, 0) is 12.2 Å². The number of aryl methyl sites for hydroxylation is 1. The maximum absolute atomic E-state index is 5.64. The molecule has 2 aromatic heterocycles. The topological polar surface area (TPSA) is 87.1 Å². The molecule has 3 aromatic rings. The molecule has 0 bridgehead atoms. The minimum atomic E-state index is 0.453. The van der Waals surface area contributed by atoms with Crippen molar-refractivity contribution in [1.82, 2.24) is 20.4 Å². The third-order valence-electron chi connectivity index (χ3n) is 2.85. The highest BCUT2D eigenvalue weighted by atomic mass is 32.2. The number of thioether (sulfide) groups is 1. The summed E-state index contributed by atoms with van der Waals surface area (Å²) in [5, 5.41) is 16.4. The fourth-order valence-electron chi connectivity index (χ4n) is 1.75. The number of benzene rings is 1. The first-order valence-electron chi connectivity index (χ1n) is 6.70. The van der Waals surface area contributed by atoms with Gasteiger partial charge in [-0.3, -0.25) is 0 Å². The molecule has 0 aliphatic carbocycles. The number of hydrogen-bond donors (Lipinski definition) is 0. The number of rotatable bonds is 6. The highest BCUT2D eigenvalue weighted by molar-refractivity contribution is 7.98. The molecule has 0 amide bonds. The molecule has 0 unspecified atom stereocenters. The molecule has 0 saturated heterocycles. The summed E-state index contributed by atoms with van der Waals surface area (Å²) in [7, 11) is 1.62. The van der Waals surface area contributed by atoms with Crippen molar-refractivity contribution in [2.75, 3.05) is 7.11 Å². The Kier molecular flexibility index (Phi) is 4.38. The van der Waals surface area contributed by atoms with Crippen molar-refractivity contribution in [3.05, 3.63) is 36.0 Å². The summed E-state index contributed by atoms with van der Waals surface area (Å²) in [5.41, 5.74) is 0.814. The van der Waals surface area contributed by atoms with Crippen molar-refractivity contribution in [2.24, 2.45) is 0 Å². The Hall–Kier alpha value is -2.35. The van der Waals surface area contributed by atoms with Gasteiger partial charge in [0.15, 0.2) is 0 Å². The van der Waals surface area contributed by atoms with Crippen LogP contribution < -0.4 is 4.74 Å². The number of aromatic nitrogens is 4. The quantitative estimate of drug-likeness (QED) is 0.641. The van der Waals surface area contributed by atoms with Crippen LogP contribution in [0, 0.1) is 0 Å². The Labute approximate surface area is 131 Å². The van der Waals surface area contributed by atoms with Crippen molar-refractivity contribution in [2.45, 2.75) is 24.3 Å². The fraction of sp³-hybridized carbons (Fsp3) is 0.286. The van der Waals surface area contributed by atoms with Crippen molar-refractivity contribution < 1.29 is 13.6 Å². The van der Waals surface area contributed by atoms with Gasteiger partial charge < -0.3 is 13.6 Å². The Morgan fingerprint density at radius 2 is 1.95 bits per heavy atom. The Bertz CT molecular complexity index is 756. The average Bonchev–Trinajstić information content (AvgIpc) is 3.22. The zero-order chi connectivity index (χ0) is 15.4. The second-order valence-corrected chi connectivity index (χ2v) is 5.26. The van der Waals surface area contributed by atoms with E-state index in [4.69, 9.17) is 13.6 Å². The third-order valence-corrected chi connectivity index (χ3v) is 3.66. The van der Waals surface area contributed by atoms with Crippen molar-refractivity contribution in [3.63, 3.8) is 0 Å². The van der Waals surface area contributed by atoms with Crippen LogP contribution in [0.4, 0.5) is 0 Å². The van der Waals surface area contributed by atoms with Gasteiger partial charge in [0, 0.05) is 12.0 Å². The van der Waals surface area contributed by atoms with Gasteiger partial charge in [0.05, 0.1) is 12.9 Å². The summed E-state index contributed by atoms with van der Waals surface area (Å²) >= 11 is 1.36. The van der Waals surface area contributed by atoms with E-state index in [9.17, 15) is 0 Å². The third kappa shape index (κ3) is 3.28. The second kappa shape index (κ2) is 6.61. The maximum atomic E-state index is 5.64. The molecule has 0 saturated carbocycles. The zero-order valence-electron chi connectivity index (χ0n) is 12.1. The van der Waals surface area contributed by atoms with Crippen molar-refractivity contribution >= 4 is 11.8 Å². The van der Waals surface area contributed by atoms with E-state index in [1.165, 1.54) is 11.8 Å². The first-order chi connectivity index (χ1) is 10.8. The zero-order valence-corrected chi connectivity index (χ0v) is 13.0. The lowest BCUT2D eigenvalue weighted by atomic mass is 10.2. The minimum Gasteiger partial charge on any atom is -0.497 e. The van der Waals surface area contributed by atoms with Gasteiger partial charge in [-0.1, -0.05) is 24.8 Å². The van der Waals surface area contributed by atoms with E-state index in [-0.39, 0.29) is 0 Å². The first-order valence-corrected chi connectivity index (χ1v) is 7.69. The predicted molar refractivity (Wildman–Crippen MR) is 79.5 cm³/mol. The highest BCUT2D eigenvalue weighted by Gasteiger charge is 2.12.